The van der Waals surface area contributed by atoms with Crippen LogP contribution in [0.2, 0.25) is 0 Å². The van der Waals surface area contributed by atoms with Crippen LogP contribution in [-0.4, -0.2) is 77.9 Å². The fourth-order valence-corrected chi connectivity index (χ4v) is 2.85. The van der Waals surface area contributed by atoms with Gasteiger partial charge in [-0.2, -0.15) is 65.9 Å². The molecule has 0 spiro atoms. The molecule has 0 saturated carbocycles. The Morgan fingerprint density at radius 2 is 1.00 bits per heavy atom. The third-order valence-electron chi connectivity index (χ3n) is 3.60. The largest absolute Gasteiger partial charge is 0.480 e. The number of carboxylic acids is 1. The Kier molecular flexibility index (Phi) is 7.56. The number of halogens is 15. The minimum Gasteiger partial charge on any atom is -0.480 e. The van der Waals surface area contributed by atoms with Crippen molar-refractivity contribution in [1.82, 2.24) is 4.31 Å². The molecule has 0 heterocycles. The molecule has 0 aromatic heterocycles. The van der Waals surface area contributed by atoms with Gasteiger partial charge in [-0.1, -0.05) is 0 Å². The lowest BCUT2D eigenvalue weighted by Gasteiger charge is -2.43. The molecular formula is C11H8F15NO4S. The Morgan fingerprint density at radius 3 is 1.28 bits per heavy atom. The maximum atomic E-state index is 13.9. The Labute approximate surface area is 166 Å². The number of hydrogen-bond acceptors (Lipinski definition) is 3. The van der Waals surface area contributed by atoms with Gasteiger partial charge in [-0.05, 0) is 6.92 Å². The minimum absolute atomic E-state index is 0.309. The Balaban J connectivity index is 6.98. The zero-order chi connectivity index (χ0) is 26.6. The molecule has 0 saturated heterocycles. The monoisotopic (exact) mass is 535 g/mol. The van der Waals surface area contributed by atoms with Gasteiger partial charge >= 0.3 is 47.8 Å². The van der Waals surface area contributed by atoms with Gasteiger partial charge in [-0.3, -0.25) is 4.79 Å². The molecule has 0 aromatic rings. The van der Waals surface area contributed by atoms with Crippen molar-refractivity contribution < 1.29 is 84.2 Å². The summed E-state index contributed by atoms with van der Waals surface area (Å²) < 4.78 is 217. The van der Waals surface area contributed by atoms with Gasteiger partial charge in [-0.15, -0.1) is 4.31 Å². The Morgan fingerprint density at radius 1 is 0.688 bits per heavy atom. The van der Waals surface area contributed by atoms with Gasteiger partial charge in [0, 0.05) is 0 Å². The summed E-state index contributed by atoms with van der Waals surface area (Å²) in [6.07, 6.45) is -7.78. The molecule has 0 aliphatic heterocycles. The van der Waals surface area contributed by atoms with E-state index in [0.29, 0.717) is 6.92 Å². The fourth-order valence-electron chi connectivity index (χ4n) is 1.77. The van der Waals surface area contributed by atoms with E-state index in [-0.39, 0.29) is 0 Å². The maximum Gasteiger partial charge on any atom is 0.460 e. The van der Waals surface area contributed by atoms with Gasteiger partial charge in [0.15, 0.2) is 0 Å². The van der Waals surface area contributed by atoms with Crippen LogP contribution in [0, 0.1) is 0 Å². The molecule has 0 bridgehead atoms. The van der Waals surface area contributed by atoms with Gasteiger partial charge in [0.25, 0.3) is 0 Å². The second kappa shape index (κ2) is 7.97. The van der Waals surface area contributed by atoms with Crippen LogP contribution in [0.5, 0.6) is 0 Å². The van der Waals surface area contributed by atoms with Crippen molar-refractivity contribution in [3.05, 3.63) is 0 Å². The van der Waals surface area contributed by atoms with E-state index in [9.17, 15) is 79.1 Å². The van der Waals surface area contributed by atoms with Crippen molar-refractivity contribution in [1.29, 1.82) is 0 Å². The van der Waals surface area contributed by atoms with E-state index in [1.807, 2.05) is 0 Å². The summed E-state index contributed by atoms with van der Waals surface area (Å²) in [7, 11) is -6.06. The van der Waals surface area contributed by atoms with Gasteiger partial charge in [0.05, 0.1) is 5.75 Å². The van der Waals surface area contributed by atoms with Crippen molar-refractivity contribution in [3.63, 3.8) is 0 Å². The summed E-state index contributed by atoms with van der Waals surface area (Å²) in [5.41, 5.74) is 0. The molecule has 0 atom stereocenters. The van der Waals surface area contributed by atoms with Crippen LogP contribution in [0.25, 0.3) is 0 Å². The van der Waals surface area contributed by atoms with Gasteiger partial charge in [0.2, 0.25) is 10.0 Å². The summed E-state index contributed by atoms with van der Waals surface area (Å²) in [6, 6.07) is -7.36. The lowest BCUT2D eigenvalue weighted by atomic mass is 9.93. The van der Waals surface area contributed by atoms with E-state index in [1.165, 1.54) is 0 Å². The Bertz CT molecular complexity index is 820. The number of carboxylic acid groups (broad SMARTS) is 1. The highest BCUT2D eigenvalue weighted by molar-refractivity contribution is 7.89. The van der Waals surface area contributed by atoms with Crippen molar-refractivity contribution in [2.45, 2.75) is 48.8 Å². The average molecular weight is 535 g/mol. The van der Waals surface area contributed by atoms with Crippen molar-refractivity contribution in [2.75, 3.05) is 12.3 Å². The first-order valence-electron chi connectivity index (χ1n) is 7.17. The van der Waals surface area contributed by atoms with Gasteiger partial charge in [-0.25, -0.2) is 8.42 Å². The first kappa shape index (κ1) is 30.3. The highest BCUT2D eigenvalue weighted by atomic mass is 32.2. The number of nitrogens with zero attached hydrogens (tertiary/aromatic N) is 1. The van der Waals surface area contributed by atoms with Crippen LogP contribution in [0.1, 0.15) is 6.92 Å². The van der Waals surface area contributed by atoms with Crippen molar-refractivity contribution in [2.24, 2.45) is 0 Å². The fraction of sp³-hybridized carbons (Fsp3) is 0.909. The highest BCUT2D eigenvalue weighted by Crippen LogP contribution is 2.62. The van der Waals surface area contributed by atoms with Gasteiger partial charge < -0.3 is 5.11 Å². The molecule has 0 aromatic carbocycles. The standard InChI is InChI=1S/C11H8F15NO4S/c1-2-32(30,31)27(3-4(28)29)11(25,26)9(20,21)7(16,17)5(12,13)6(14,15)8(18,19)10(22,23)24/h2-3H2,1H3,(H,28,29). The van der Waals surface area contributed by atoms with Crippen LogP contribution in [0.4, 0.5) is 65.9 Å². The predicted octanol–water partition coefficient (Wildman–Crippen LogP) is 4.05. The molecule has 0 rings (SSSR count). The second-order valence-electron chi connectivity index (χ2n) is 5.71. The SMILES string of the molecule is CCS(=O)(=O)N(CC(=O)O)C(F)(F)C(F)(F)C(F)(F)C(F)(F)C(F)(F)C(F)(F)C(F)(F)F. The number of aliphatic carboxylic acids is 1. The van der Waals surface area contributed by atoms with Gasteiger partial charge in [0.1, 0.15) is 6.54 Å². The topological polar surface area (TPSA) is 74.7 Å². The predicted molar refractivity (Wildman–Crippen MR) is 69.5 cm³/mol. The minimum atomic E-state index is -8.61. The number of hydrogen-bond donors (Lipinski definition) is 1. The van der Waals surface area contributed by atoms with E-state index < -0.39 is 74.4 Å². The number of alkyl halides is 15. The Hall–Kier alpha value is -1.67. The molecule has 0 unspecified atom stereocenters. The second-order valence-corrected chi connectivity index (χ2v) is 7.89. The molecular weight excluding hydrogens is 527 g/mol. The molecule has 0 fully saturated rings. The average Bonchev–Trinajstić information content (AvgIpc) is 2.57. The third kappa shape index (κ3) is 4.16. The van der Waals surface area contributed by atoms with Crippen LogP contribution < -0.4 is 0 Å². The highest BCUT2D eigenvalue weighted by Gasteiger charge is 2.94. The summed E-state index contributed by atoms with van der Waals surface area (Å²) in [6.45, 7) is -2.56. The van der Waals surface area contributed by atoms with Crippen LogP contribution in [-0.2, 0) is 14.8 Å². The molecule has 0 aliphatic carbocycles. The smallest absolute Gasteiger partial charge is 0.460 e. The molecule has 192 valence electrons. The molecule has 5 nitrogen and oxygen atoms in total. The number of rotatable bonds is 10. The van der Waals surface area contributed by atoms with E-state index in [2.05, 4.69) is 0 Å². The van der Waals surface area contributed by atoms with E-state index >= 15 is 0 Å². The molecule has 0 amide bonds. The first-order valence-corrected chi connectivity index (χ1v) is 8.78. The number of sulfonamides is 1. The molecule has 1 N–H and O–H groups in total. The zero-order valence-electron chi connectivity index (χ0n) is 14.6. The number of carbonyl (C=O) groups is 1. The summed E-state index contributed by atoms with van der Waals surface area (Å²) in [5.74, 6) is -46.6. The lowest BCUT2D eigenvalue weighted by Crippen LogP contribution is -2.74. The summed E-state index contributed by atoms with van der Waals surface area (Å²) >= 11 is 0. The molecule has 32 heavy (non-hydrogen) atoms. The van der Waals surface area contributed by atoms with Crippen LogP contribution in [0.15, 0.2) is 0 Å². The third-order valence-corrected chi connectivity index (χ3v) is 5.36. The van der Waals surface area contributed by atoms with Crippen molar-refractivity contribution >= 4 is 16.0 Å². The first-order chi connectivity index (χ1) is 13.6. The van der Waals surface area contributed by atoms with Crippen LogP contribution in [0.3, 0.4) is 0 Å². The van der Waals surface area contributed by atoms with Crippen LogP contribution >= 0.6 is 0 Å². The summed E-state index contributed by atoms with van der Waals surface area (Å²) in [4.78, 5) is 10.4. The molecule has 0 aliphatic rings. The maximum absolute atomic E-state index is 13.9. The zero-order valence-corrected chi connectivity index (χ0v) is 15.4. The van der Waals surface area contributed by atoms with E-state index in [1.54, 1.807) is 0 Å². The lowest BCUT2D eigenvalue weighted by molar-refractivity contribution is -0.457. The normalized spacial score (nSPS) is 15.9. The quantitative estimate of drug-likeness (QED) is 0.339. The van der Waals surface area contributed by atoms with Crippen molar-refractivity contribution in [3.8, 4) is 0 Å². The van der Waals surface area contributed by atoms with E-state index in [4.69, 9.17) is 5.11 Å². The molecule has 0 radical (unpaired) electrons. The summed E-state index contributed by atoms with van der Waals surface area (Å²) in [5, 5.41) is 8.30. The van der Waals surface area contributed by atoms with E-state index in [0.717, 1.165) is 0 Å². The molecule has 21 heteroatoms.